The molecule has 0 saturated heterocycles. The zero-order chi connectivity index (χ0) is 12.4. The molecule has 0 aliphatic rings. The van der Waals surface area contributed by atoms with Crippen LogP contribution in [0.5, 0.6) is 0 Å². The maximum absolute atomic E-state index is 4.41. The Kier molecular flexibility index (Phi) is 3.41. The zero-order valence-corrected chi connectivity index (χ0v) is 11.0. The van der Waals surface area contributed by atoms with Crippen molar-refractivity contribution < 1.29 is 0 Å². The molecule has 0 fully saturated rings. The highest BCUT2D eigenvalue weighted by atomic mass is 15.2. The van der Waals surface area contributed by atoms with Crippen LogP contribution in [0.2, 0.25) is 0 Å². The second kappa shape index (κ2) is 4.28. The maximum Gasteiger partial charge on any atom is 0.224 e. The molecule has 0 radical (unpaired) electrons. The van der Waals surface area contributed by atoms with E-state index < -0.39 is 0 Å². The second-order valence-electron chi connectivity index (χ2n) is 6.02. The third kappa shape index (κ3) is 4.96. The first-order valence-corrected chi connectivity index (χ1v) is 5.55. The number of nitrogens with one attached hydrogen (secondary N) is 2. The standard InChI is InChI=1S/C12H22N4/c1-11(2,3)15-9-7-8-13-10(14-9)16-12(4,5)6/h7-8H,1-6H3,(H2,13,14,15,16). The lowest BCUT2D eigenvalue weighted by Gasteiger charge is -2.23. The minimum absolute atomic E-state index is 0.00730. The first-order chi connectivity index (χ1) is 7.16. The van der Waals surface area contributed by atoms with Crippen molar-refractivity contribution in [3.63, 3.8) is 0 Å². The normalized spacial score (nSPS) is 12.4. The van der Waals surface area contributed by atoms with E-state index in [1.807, 2.05) is 6.07 Å². The predicted octanol–water partition coefficient (Wildman–Crippen LogP) is 2.90. The van der Waals surface area contributed by atoms with Crippen LogP contribution >= 0.6 is 0 Å². The Labute approximate surface area is 97.9 Å². The molecule has 0 aromatic carbocycles. The van der Waals surface area contributed by atoms with E-state index in [1.54, 1.807) is 6.20 Å². The van der Waals surface area contributed by atoms with Gasteiger partial charge in [-0.15, -0.1) is 0 Å². The predicted molar refractivity (Wildman–Crippen MR) is 68.8 cm³/mol. The molecule has 1 aromatic heterocycles. The van der Waals surface area contributed by atoms with E-state index in [0.717, 1.165) is 5.82 Å². The van der Waals surface area contributed by atoms with Gasteiger partial charge in [0.2, 0.25) is 5.95 Å². The van der Waals surface area contributed by atoms with Crippen LogP contribution in [0.4, 0.5) is 11.8 Å². The highest BCUT2D eigenvalue weighted by Gasteiger charge is 2.13. The Bertz CT molecular complexity index is 316. The van der Waals surface area contributed by atoms with Gasteiger partial charge in [0.05, 0.1) is 0 Å². The number of anilines is 2. The molecule has 0 amide bonds. The van der Waals surface area contributed by atoms with Gasteiger partial charge in [-0.1, -0.05) is 0 Å². The molecule has 4 heteroatoms. The summed E-state index contributed by atoms with van der Waals surface area (Å²) >= 11 is 0. The summed E-state index contributed by atoms with van der Waals surface area (Å²) in [6.45, 7) is 12.6. The van der Waals surface area contributed by atoms with Crippen LogP contribution < -0.4 is 10.6 Å². The molecule has 90 valence electrons. The van der Waals surface area contributed by atoms with Crippen molar-refractivity contribution in [3.8, 4) is 0 Å². The SMILES string of the molecule is CC(C)(C)Nc1ccnc(NC(C)(C)C)n1. The lowest BCUT2D eigenvalue weighted by Crippen LogP contribution is -2.29. The van der Waals surface area contributed by atoms with Crippen LogP contribution in [0.1, 0.15) is 41.5 Å². The van der Waals surface area contributed by atoms with Gasteiger partial charge >= 0.3 is 0 Å². The Hall–Kier alpha value is -1.32. The van der Waals surface area contributed by atoms with Gasteiger partial charge in [-0.2, -0.15) is 4.98 Å². The van der Waals surface area contributed by atoms with Crippen LogP contribution in [-0.2, 0) is 0 Å². The van der Waals surface area contributed by atoms with E-state index in [0.29, 0.717) is 5.95 Å². The molecule has 2 N–H and O–H groups in total. The molecule has 1 aromatic rings. The summed E-state index contributed by atoms with van der Waals surface area (Å²) in [4.78, 5) is 8.60. The van der Waals surface area contributed by atoms with Crippen molar-refractivity contribution in [1.29, 1.82) is 0 Å². The summed E-state index contributed by atoms with van der Waals surface area (Å²) in [6, 6.07) is 1.87. The van der Waals surface area contributed by atoms with Crippen LogP contribution in [0.3, 0.4) is 0 Å². The highest BCUT2D eigenvalue weighted by Crippen LogP contribution is 2.15. The summed E-state index contributed by atoms with van der Waals surface area (Å²) in [5.41, 5.74) is -0.0201. The molecule has 16 heavy (non-hydrogen) atoms. The Morgan fingerprint density at radius 1 is 0.938 bits per heavy atom. The first-order valence-electron chi connectivity index (χ1n) is 5.55. The second-order valence-corrected chi connectivity index (χ2v) is 6.02. The largest absolute Gasteiger partial charge is 0.365 e. The molecule has 0 bridgehead atoms. The van der Waals surface area contributed by atoms with Gasteiger partial charge in [0.25, 0.3) is 0 Å². The van der Waals surface area contributed by atoms with Gasteiger partial charge < -0.3 is 10.6 Å². The van der Waals surface area contributed by atoms with Crippen LogP contribution in [0.25, 0.3) is 0 Å². The lowest BCUT2D eigenvalue weighted by molar-refractivity contribution is 0.620. The number of hydrogen-bond acceptors (Lipinski definition) is 4. The fraction of sp³-hybridized carbons (Fsp3) is 0.667. The first kappa shape index (κ1) is 12.7. The average Bonchev–Trinajstić information content (AvgIpc) is 1.96. The van der Waals surface area contributed by atoms with Crippen molar-refractivity contribution in [2.75, 3.05) is 10.6 Å². The molecule has 1 rings (SSSR count). The van der Waals surface area contributed by atoms with Crippen LogP contribution in [0, 0.1) is 0 Å². The van der Waals surface area contributed by atoms with Crippen molar-refractivity contribution in [1.82, 2.24) is 9.97 Å². The van der Waals surface area contributed by atoms with Gasteiger partial charge in [-0.3, -0.25) is 0 Å². The van der Waals surface area contributed by atoms with E-state index >= 15 is 0 Å². The minimum Gasteiger partial charge on any atom is -0.365 e. The molecule has 0 aliphatic carbocycles. The van der Waals surface area contributed by atoms with Crippen molar-refractivity contribution in [2.45, 2.75) is 52.6 Å². The number of aromatic nitrogens is 2. The van der Waals surface area contributed by atoms with E-state index in [4.69, 9.17) is 0 Å². The minimum atomic E-state index is -0.0274. The fourth-order valence-corrected chi connectivity index (χ4v) is 1.21. The Morgan fingerprint density at radius 2 is 1.50 bits per heavy atom. The molecule has 0 aliphatic heterocycles. The summed E-state index contributed by atoms with van der Waals surface area (Å²) in [6.07, 6.45) is 1.76. The van der Waals surface area contributed by atoms with E-state index in [-0.39, 0.29) is 11.1 Å². The van der Waals surface area contributed by atoms with Crippen molar-refractivity contribution in [3.05, 3.63) is 12.3 Å². The molecule has 0 unspecified atom stereocenters. The van der Waals surface area contributed by atoms with Crippen molar-refractivity contribution >= 4 is 11.8 Å². The Morgan fingerprint density at radius 3 is 2.00 bits per heavy atom. The van der Waals surface area contributed by atoms with Gasteiger partial charge in [-0.05, 0) is 47.6 Å². The van der Waals surface area contributed by atoms with Crippen molar-refractivity contribution in [2.24, 2.45) is 0 Å². The van der Waals surface area contributed by atoms with Gasteiger partial charge in [-0.25, -0.2) is 4.98 Å². The van der Waals surface area contributed by atoms with E-state index in [9.17, 15) is 0 Å². The molecule has 1 heterocycles. The van der Waals surface area contributed by atoms with E-state index in [2.05, 4.69) is 62.1 Å². The summed E-state index contributed by atoms with van der Waals surface area (Å²) in [7, 11) is 0. The molecule has 0 spiro atoms. The molecular weight excluding hydrogens is 200 g/mol. The number of hydrogen-bond donors (Lipinski definition) is 2. The molecule has 0 atom stereocenters. The smallest absolute Gasteiger partial charge is 0.224 e. The fourth-order valence-electron chi connectivity index (χ4n) is 1.21. The highest BCUT2D eigenvalue weighted by molar-refractivity contribution is 5.42. The average molecular weight is 222 g/mol. The topological polar surface area (TPSA) is 49.8 Å². The molecule has 4 nitrogen and oxygen atoms in total. The summed E-state index contributed by atoms with van der Waals surface area (Å²) in [5.74, 6) is 1.50. The molecule has 0 saturated carbocycles. The number of nitrogens with zero attached hydrogens (tertiary/aromatic N) is 2. The lowest BCUT2D eigenvalue weighted by atomic mass is 10.1. The van der Waals surface area contributed by atoms with Crippen LogP contribution in [0.15, 0.2) is 12.3 Å². The maximum atomic E-state index is 4.41. The molecular formula is C12H22N4. The van der Waals surface area contributed by atoms with Gasteiger partial charge in [0, 0.05) is 17.3 Å². The quantitative estimate of drug-likeness (QED) is 0.808. The monoisotopic (exact) mass is 222 g/mol. The van der Waals surface area contributed by atoms with Crippen LogP contribution in [-0.4, -0.2) is 21.0 Å². The number of rotatable bonds is 2. The van der Waals surface area contributed by atoms with Gasteiger partial charge in [0.1, 0.15) is 5.82 Å². The van der Waals surface area contributed by atoms with E-state index in [1.165, 1.54) is 0 Å². The third-order valence-electron chi connectivity index (χ3n) is 1.65. The van der Waals surface area contributed by atoms with Gasteiger partial charge in [0.15, 0.2) is 0 Å². The zero-order valence-electron chi connectivity index (χ0n) is 11.0. The summed E-state index contributed by atoms with van der Waals surface area (Å²) < 4.78 is 0. The third-order valence-corrected chi connectivity index (χ3v) is 1.65. The summed E-state index contributed by atoms with van der Waals surface area (Å²) in [5, 5.41) is 6.56. The Balaban J connectivity index is 2.79.